The summed E-state index contributed by atoms with van der Waals surface area (Å²) in [6, 6.07) is 5.68. The van der Waals surface area contributed by atoms with Crippen molar-refractivity contribution < 1.29 is 10.2 Å². The van der Waals surface area contributed by atoms with Crippen molar-refractivity contribution in [3.05, 3.63) is 51.4 Å². The lowest BCUT2D eigenvalue weighted by molar-refractivity contribution is 0.0146. The topological polar surface area (TPSA) is 89.2 Å². The van der Waals surface area contributed by atoms with Crippen LogP contribution in [0.25, 0.3) is 16.5 Å². The molecule has 0 amide bonds. The van der Waals surface area contributed by atoms with Crippen LogP contribution in [0.2, 0.25) is 0 Å². The summed E-state index contributed by atoms with van der Waals surface area (Å²) < 4.78 is 0. The maximum Gasteiger partial charge on any atom is 0.105 e. The Morgan fingerprint density at radius 1 is 1.39 bits per heavy atom. The van der Waals surface area contributed by atoms with Crippen LogP contribution in [-0.2, 0) is 6.42 Å². The van der Waals surface area contributed by atoms with E-state index in [1.807, 2.05) is 30.4 Å². The maximum absolute atomic E-state index is 10.1. The van der Waals surface area contributed by atoms with E-state index in [-0.39, 0.29) is 13.0 Å². The van der Waals surface area contributed by atoms with Gasteiger partial charge in [-0.15, -0.1) is 0 Å². The zero-order valence-corrected chi connectivity index (χ0v) is 9.90. The number of azide groups is 1. The highest BCUT2D eigenvalue weighted by Gasteiger charge is 2.22. The third kappa shape index (κ3) is 2.54. The van der Waals surface area contributed by atoms with E-state index >= 15 is 0 Å². The molecule has 0 aliphatic heterocycles. The lowest BCUT2D eigenvalue weighted by atomic mass is 9.94. The predicted molar refractivity (Wildman–Crippen MR) is 68.8 cm³/mol. The molecule has 1 aromatic carbocycles. The zero-order valence-electron chi connectivity index (χ0n) is 9.90. The number of benzene rings is 1. The van der Waals surface area contributed by atoms with Crippen LogP contribution in [0.3, 0.4) is 0 Å². The van der Waals surface area contributed by atoms with E-state index in [4.69, 9.17) is 5.53 Å². The molecule has 2 rings (SSSR count). The van der Waals surface area contributed by atoms with Gasteiger partial charge in [0, 0.05) is 11.5 Å². The SMILES string of the molecule is [N-]=[N+]=NCCC(O)C(O)c1cccc2c1CC=C2. The molecule has 0 fully saturated rings. The minimum atomic E-state index is -0.936. The number of rotatable bonds is 5. The van der Waals surface area contributed by atoms with Gasteiger partial charge >= 0.3 is 0 Å². The van der Waals surface area contributed by atoms with Crippen LogP contribution in [0.5, 0.6) is 0 Å². The van der Waals surface area contributed by atoms with Crippen molar-refractivity contribution in [3.63, 3.8) is 0 Å². The quantitative estimate of drug-likeness (QED) is 0.473. The molecule has 5 nitrogen and oxygen atoms in total. The van der Waals surface area contributed by atoms with E-state index in [9.17, 15) is 10.2 Å². The second kappa shape index (κ2) is 5.69. The third-order valence-corrected chi connectivity index (χ3v) is 3.14. The molecule has 1 aliphatic carbocycles. The first kappa shape index (κ1) is 12.6. The second-order valence-electron chi connectivity index (χ2n) is 4.28. The average Bonchev–Trinajstić information content (AvgIpc) is 2.86. The molecule has 0 heterocycles. The molecule has 1 aromatic rings. The van der Waals surface area contributed by atoms with Crippen molar-refractivity contribution >= 4 is 6.08 Å². The first-order valence-corrected chi connectivity index (χ1v) is 5.89. The number of nitrogens with zero attached hydrogens (tertiary/aromatic N) is 3. The second-order valence-corrected chi connectivity index (χ2v) is 4.28. The van der Waals surface area contributed by atoms with Crippen LogP contribution >= 0.6 is 0 Å². The highest BCUT2D eigenvalue weighted by Crippen LogP contribution is 2.29. The highest BCUT2D eigenvalue weighted by molar-refractivity contribution is 5.62. The summed E-state index contributed by atoms with van der Waals surface area (Å²) in [5.74, 6) is 0. The van der Waals surface area contributed by atoms with E-state index in [0.717, 1.165) is 23.1 Å². The largest absolute Gasteiger partial charge is 0.390 e. The summed E-state index contributed by atoms with van der Waals surface area (Å²) in [6.45, 7) is 0.183. The van der Waals surface area contributed by atoms with Gasteiger partial charge in [0.1, 0.15) is 6.10 Å². The molecule has 1 aliphatic rings. The minimum absolute atomic E-state index is 0.183. The van der Waals surface area contributed by atoms with E-state index in [2.05, 4.69) is 10.0 Å². The Kier molecular flexibility index (Phi) is 3.99. The van der Waals surface area contributed by atoms with E-state index in [0.29, 0.717) is 0 Å². The van der Waals surface area contributed by atoms with Crippen molar-refractivity contribution in [2.45, 2.75) is 25.0 Å². The Morgan fingerprint density at radius 2 is 2.22 bits per heavy atom. The van der Waals surface area contributed by atoms with Gasteiger partial charge in [0.25, 0.3) is 0 Å². The van der Waals surface area contributed by atoms with Crippen molar-refractivity contribution in [2.24, 2.45) is 5.11 Å². The first-order valence-electron chi connectivity index (χ1n) is 5.89. The highest BCUT2D eigenvalue weighted by atomic mass is 16.3. The lowest BCUT2D eigenvalue weighted by Gasteiger charge is -2.20. The predicted octanol–water partition coefficient (Wildman–Crippen LogP) is 2.35. The van der Waals surface area contributed by atoms with E-state index in [1.54, 1.807) is 0 Å². The number of fused-ring (bicyclic) bond motifs is 1. The van der Waals surface area contributed by atoms with Gasteiger partial charge in [0.15, 0.2) is 0 Å². The van der Waals surface area contributed by atoms with Crippen LogP contribution in [0.4, 0.5) is 0 Å². The fourth-order valence-corrected chi connectivity index (χ4v) is 2.20. The van der Waals surface area contributed by atoms with Gasteiger partial charge in [-0.05, 0) is 35.1 Å². The molecule has 2 atom stereocenters. The van der Waals surface area contributed by atoms with Crippen LogP contribution < -0.4 is 0 Å². The molecule has 0 saturated carbocycles. The summed E-state index contributed by atoms with van der Waals surface area (Å²) in [4.78, 5) is 2.62. The molecule has 0 saturated heterocycles. The van der Waals surface area contributed by atoms with Crippen molar-refractivity contribution in [1.82, 2.24) is 0 Å². The number of allylic oxidation sites excluding steroid dienone is 1. The Bertz CT molecular complexity index is 507. The Hall–Kier alpha value is -1.81. The number of aliphatic hydroxyl groups excluding tert-OH is 2. The molecule has 0 spiro atoms. The molecule has 5 heteroatoms. The minimum Gasteiger partial charge on any atom is -0.390 e. The van der Waals surface area contributed by atoms with E-state index in [1.165, 1.54) is 0 Å². The number of hydrogen-bond acceptors (Lipinski definition) is 3. The van der Waals surface area contributed by atoms with Gasteiger partial charge in [-0.3, -0.25) is 0 Å². The number of hydrogen-bond donors (Lipinski definition) is 2. The van der Waals surface area contributed by atoms with Gasteiger partial charge in [0.05, 0.1) is 6.10 Å². The molecule has 0 aromatic heterocycles. The molecule has 2 N–H and O–H groups in total. The van der Waals surface area contributed by atoms with Gasteiger partial charge in [-0.1, -0.05) is 35.5 Å². The number of aliphatic hydroxyl groups is 2. The molecule has 0 bridgehead atoms. The maximum atomic E-state index is 10.1. The fourth-order valence-electron chi connectivity index (χ4n) is 2.20. The summed E-state index contributed by atoms with van der Waals surface area (Å²) in [7, 11) is 0. The van der Waals surface area contributed by atoms with Crippen molar-refractivity contribution in [3.8, 4) is 0 Å². The standard InChI is InChI=1S/C13H15N3O2/c14-16-15-8-7-12(17)13(18)11-6-2-4-9-3-1-5-10(9)11/h1-4,6,12-13,17-18H,5,7-8H2. The van der Waals surface area contributed by atoms with Gasteiger partial charge in [0.2, 0.25) is 0 Å². The Labute approximate surface area is 105 Å². The molecule has 2 unspecified atom stereocenters. The molecular weight excluding hydrogens is 230 g/mol. The first-order chi connectivity index (χ1) is 8.74. The van der Waals surface area contributed by atoms with E-state index < -0.39 is 12.2 Å². The smallest absolute Gasteiger partial charge is 0.105 e. The van der Waals surface area contributed by atoms with Crippen LogP contribution in [0.1, 0.15) is 29.2 Å². The van der Waals surface area contributed by atoms with Crippen LogP contribution in [0, 0.1) is 0 Å². The van der Waals surface area contributed by atoms with Crippen molar-refractivity contribution in [1.29, 1.82) is 0 Å². The monoisotopic (exact) mass is 245 g/mol. The molecular formula is C13H15N3O2. The average molecular weight is 245 g/mol. The van der Waals surface area contributed by atoms with Crippen LogP contribution in [-0.4, -0.2) is 22.9 Å². The summed E-state index contributed by atoms with van der Waals surface area (Å²) in [5, 5.41) is 23.4. The summed E-state index contributed by atoms with van der Waals surface area (Å²) >= 11 is 0. The third-order valence-electron chi connectivity index (χ3n) is 3.14. The summed E-state index contributed by atoms with van der Waals surface area (Å²) in [5.41, 5.74) is 11.1. The Balaban J connectivity index is 2.12. The van der Waals surface area contributed by atoms with Gasteiger partial charge in [-0.2, -0.15) is 0 Å². The van der Waals surface area contributed by atoms with Gasteiger partial charge in [-0.25, -0.2) is 0 Å². The van der Waals surface area contributed by atoms with Crippen LogP contribution in [0.15, 0.2) is 29.4 Å². The van der Waals surface area contributed by atoms with Crippen molar-refractivity contribution in [2.75, 3.05) is 6.54 Å². The lowest BCUT2D eigenvalue weighted by Crippen LogP contribution is -2.20. The molecule has 94 valence electrons. The fraction of sp³-hybridized carbons (Fsp3) is 0.385. The zero-order chi connectivity index (χ0) is 13.0. The molecule has 18 heavy (non-hydrogen) atoms. The summed E-state index contributed by atoms with van der Waals surface area (Å²) in [6.07, 6.45) is 3.23. The Morgan fingerprint density at radius 3 is 3.00 bits per heavy atom. The van der Waals surface area contributed by atoms with Gasteiger partial charge < -0.3 is 10.2 Å². The normalized spacial score (nSPS) is 15.9. The molecule has 0 radical (unpaired) electrons.